The van der Waals surface area contributed by atoms with Crippen LogP contribution in [-0.4, -0.2) is 299 Å². The molecule has 30 nitrogen and oxygen atoms in total. The quantitative estimate of drug-likeness (QED) is 0.0532. The number of hydrogen-bond donors (Lipinski definition) is 0. The number of carbonyl (C=O) groups excluding carboxylic acids is 9. The molecule has 774 valence electrons. The van der Waals surface area contributed by atoms with Crippen molar-refractivity contribution in [1.29, 1.82) is 0 Å². The zero-order valence-electron chi connectivity index (χ0n) is 88.8. The Hall–Kier alpha value is -6.46. The zero-order chi connectivity index (χ0) is 103. The summed E-state index contributed by atoms with van der Waals surface area (Å²) >= 11 is 0. The largest absolute Gasteiger partial charge is 0.444 e. The summed E-state index contributed by atoms with van der Waals surface area (Å²) in [5.74, 6) is -0.462. The van der Waals surface area contributed by atoms with Crippen LogP contribution in [0.15, 0.2) is 106 Å². The SMILES string of the molecule is COCO[C@@H]1C[C@@]23CN(C(=O)OC(C)(C)C)CCO[C@@]2(CC=C3[C@@H](C)O[Si](C)(C)C(C)(C)C)C2=C[C@@H]3O[C@@]21[C@@]12CC31C(=O)C=CC2=O.COCO[C@@H]1C[C@@]23CN(C(=O)OC(C)(C)C)CCO[C@@]2(CC=C3[C@@H](C)O[Si](C)(C)C(C)(C)C)C2=C[C@@H]3O[C@@]21[C@]12CC31C(=O)C=CC2=O.COCO[C@@H]1C[C@@]23CN(C(=O)OC(C)(C)C)CCO[C@@]2(CC=C3[C@@H](C)O[Si](C)(C)C(C)(C)C)C2=C[C@H]3O[C@]21[C@@]12CC31C(=O)C=CC2=O. The second kappa shape index (κ2) is 32.3. The molecule has 0 radical (unpaired) electrons. The van der Waals surface area contributed by atoms with Gasteiger partial charge in [0.15, 0.2) is 59.7 Å². The number of ether oxygens (including phenoxy) is 15. The minimum atomic E-state index is -2.23. The third kappa shape index (κ3) is 13.3. The highest BCUT2D eigenvalue weighted by Gasteiger charge is 3.01. The van der Waals surface area contributed by atoms with Gasteiger partial charge in [-0.15, -0.1) is 0 Å². The van der Waals surface area contributed by atoms with E-state index in [4.69, 9.17) is 84.3 Å². The Balaban J connectivity index is 0.000000134. The minimum Gasteiger partial charge on any atom is -0.444 e. The second-order valence-electron chi connectivity index (χ2n) is 51.8. The van der Waals surface area contributed by atoms with Gasteiger partial charge in [-0.3, -0.25) is 28.8 Å². The Morgan fingerprint density at radius 2 is 0.610 bits per heavy atom. The Morgan fingerprint density at radius 1 is 0.376 bits per heavy atom. The third-order valence-electron chi connectivity index (χ3n) is 38.6. The number of hydrogen-bond acceptors (Lipinski definition) is 27. The molecule has 6 saturated heterocycles. The molecule has 33 heteroatoms. The van der Waals surface area contributed by atoms with E-state index >= 15 is 0 Å². The van der Waals surface area contributed by atoms with Crippen LogP contribution < -0.4 is 0 Å². The van der Waals surface area contributed by atoms with Crippen LogP contribution in [0, 0.1) is 48.7 Å². The normalized spacial score (nSPS) is 40.9. The topological polar surface area (TPSA) is 329 Å². The first-order chi connectivity index (χ1) is 65.4. The van der Waals surface area contributed by atoms with Crippen molar-refractivity contribution < 1.29 is 127 Å². The first kappa shape index (κ1) is 103. The van der Waals surface area contributed by atoms with Crippen molar-refractivity contribution >= 4 is 77.9 Å². The molecule has 21 aliphatic rings. The first-order valence-corrected chi connectivity index (χ1v) is 59.9. The van der Waals surface area contributed by atoms with Gasteiger partial charge in [-0.1, -0.05) is 80.5 Å². The maximum atomic E-state index is 14.1. The summed E-state index contributed by atoms with van der Waals surface area (Å²) in [6.07, 6.45) is 19.7. The van der Waals surface area contributed by atoms with Crippen molar-refractivity contribution in [3.8, 4) is 0 Å². The number of rotatable bonds is 18. The van der Waals surface area contributed by atoms with E-state index in [9.17, 15) is 43.2 Å². The average molecular weight is 2010 g/mol. The minimum absolute atomic E-state index is 0.0186. The van der Waals surface area contributed by atoms with E-state index in [1.54, 1.807) is 36.0 Å². The summed E-state index contributed by atoms with van der Waals surface area (Å²) in [5, 5.41) is -0.0558. The number of ketones is 6. The molecule has 3 spiro atoms. The predicted octanol–water partition coefficient (Wildman–Crippen LogP) is 15.8. The van der Waals surface area contributed by atoms with Gasteiger partial charge in [0, 0.05) is 76.8 Å². The third-order valence-corrected chi connectivity index (χ3v) is 52.2. The summed E-state index contributed by atoms with van der Waals surface area (Å²) in [6, 6.07) is 0. The van der Waals surface area contributed by atoms with Gasteiger partial charge in [0.1, 0.15) is 70.8 Å². The molecular weight excluding hydrogens is 1860 g/mol. The van der Waals surface area contributed by atoms with Crippen molar-refractivity contribution in [2.24, 2.45) is 48.7 Å². The summed E-state index contributed by atoms with van der Waals surface area (Å²) in [4.78, 5) is 130. The van der Waals surface area contributed by atoms with Crippen LogP contribution in [0.5, 0.6) is 0 Å². The maximum absolute atomic E-state index is 14.1. The standard InChI is InChI=1S/3C36H51NO9Si/c3*1-22(46-47(9,10)31(5,6)7)23-13-14-35-24-17-27-33-19-34(33,26(39)12-11-25(33)38)36(24,44-27)28(42-21-41-8)18-32(23,35)20-37(15-16-43-35)29(40)45-30(2,3)4/h3*11-13,17,22,27-28H,14-16,18-21H2,1-10H3/t22-,27+,28-,32+,33?,34+,35+,36+;22-,27+,28-,32+,33?,34-,35+,36+;22-,27-,28-,32+,33?,34-,35+,36-/m111/s1. The predicted molar refractivity (Wildman–Crippen MR) is 525 cm³/mol. The molecule has 12 fully saturated rings. The maximum Gasteiger partial charge on any atom is 0.410 e. The monoisotopic (exact) mass is 2010 g/mol. The molecule has 141 heavy (non-hydrogen) atoms. The van der Waals surface area contributed by atoms with Crippen molar-refractivity contribution in [2.75, 3.05) is 101 Å². The van der Waals surface area contributed by atoms with E-state index in [1.807, 2.05) is 62.3 Å². The highest BCUT2D eigenvalue weighted by Crippen LogP contribution is 2.91. The highest BCUT2D eigenvalue weighted by atomic mass is 28.4. The Bertz CT molecular complexity index is 5090. The highest BCUT2D eigenvalue weighted by molar-refractivity contribution is 6.75. The molecule has 6 saturated carbocycles. The van der Waals surface area contributed by atoms with Gasteiger partial charge in [0.2, 0.25) is 0 Å². The van der Waals surface area contributed by atoms with Crippen LogP contribution in [-0.2, 0) is 113 Å². The van der Waals surface area contributed by atoms with Crippen LogP contribution in [0.3, 0.4) is 0 Å². The van der Waals surface area contributed by atoms with E-state index in [-0.39, 0.29) is 108 Å². The number of nitrogens with zero attached hydrogens (tertiary/aromatic N) is 3. The van der Waals surface area contributed by atoms with Crippen molar-refractivity contribution in [1.82, 2.24) is 14.7 Å². The van der Waals surface area contributed by atoms with Crippen LogP contribution in [0.2, 0.25) is 54.4 Å². The summed E-state index contributed by atoms with van der Waals surface area (Å²) in [6.45, 7) is 59.4. The molecule has 21 rings (SSSR count). The number of allylic oxidation sites excluding steroid dienone is 6. The van der Waals surface area contributed by atoms with Crippen LogP contribution >= 0.6 is 0 Å². The van der Waals surface area contributed by atoms with E-state index in [1.165, 1.54) is 36.5 Å². The Labute approximate surface area is 834 Å². The fraction of sp³-hybridized carbons (Fsp3) is 0.750. The lowest BCUT2D eigenvalue weighted by Gasteiger charge is -2.61. The van der Waals surface area contributed by atoms with Crippen LogP contribution in [0.1, 0.15) is 203 Å². The van der Waals surface area contributed by atoms with Gasteiger partial charge >= 0.3 is 18.3 Å². The van der Waals surface area contributed by atoms with Crippen molar-refractivity contribution in [3.05, 3.63) is 106 Å². The van der Waals surface area contributed by atoms with E-state index < -0.39 is 179 Å². The molecule has 9 heterocycles. The average Bonchev–Trinajstić information content (AvgIpc) is 1.42. The van der Waals surface area contributed by atoms with Gasteiger partial charge in [0.05, 0.1) is 107 Å². The number of amides is 3. The van der Waals surface area contributed by atoms with Gasteiger partial charge in [-0.2, -0.15) is 0 Å². The molecular formula is C108H153N3O27Si3. The Morgan fingerprint density at radius 3 is 0.830 bits per heavy atom. The van der Waals surface area contributed by atoms with Gasteiger partial charge in [0.25, 0.3) is 0 Å². The molecule has 6 bridgehead atoms. The van der Waals surface area contributed by atoms with Crippen molar-refractivity contribution in [2.45, 2.75) is 363 Å². The number of carbonyl (C=O) groups is 9. The Kier molecular flexibility index (Phi) is 23.6. The molecule has 12 aliphatic carbocycles. The van der Waals surface area contributed by atoms with Gasteiger partial charge < -0.3 is 99.0 Å². The lowest BCUT2D eigenvalue weighted by molar-refractivity contribution is -0.225. The molecule has 0 aromatic carbocycles. The molecule has 0 N–H and O–H groups in total. The number of methoxy groups -OCH3 is 3. The molecule has 0 aromatic rings. The lowest BCUT2D eigenvalue weighted by Crippen LogP contribution is -2.71. The molecule has 3 amide bonds. The fourth-order valence-electron chi connectivity index (χ4n) is 29.9. The summed E-state index contributed by atoms with van der Waals surface area (Å²) in [5.41, 5.74) is -11.0. The van der Waals surface area contributed by atoms with Crippen LogP contribution in [0.4, 0.5) is 14.4 Å². The second-order valence-corrected chi connectivity index (χ2v) is 66.1. The van der Waals surface area contributed by atoms with Gasteiger partial charge in [-0.05, 0) is 283 Å². The molecule has 3 unspecified atom stereocenters. The molecule has 9 aliphatic heterocycles. The fourth-order valence-corrected chi connectivity index (χ4v) is 34.0. The first-order valence-electron chi connectivity index (χ1n) is 51.2. The van der Waals surface area contributed by atoms with Crippen LogP contribution in [0.25, 0.3) is 0 Å². The van der Waals surface area contributed by atoms with E-state index in [0.29, 0.717) is 97.1 Å². The van der Waals surface area contributed by atoms with E-state index in [2.05, 4.69) is 159 Å². The number of fused-ring (bicyclic) bond motifs is 3. The summed E-state index contributed by atoms with van der Waals surface area (Å²) < 4.78 is 118. The zero-order valence-corrected chi connectivity index (χ0v) is 91.8. The van der Waals surface area contributed by atoms with E-state index in [0.717, 1.165) is 33.4 Å². The molecule has 0 aromatic heterocycles. The lowest BCUT2D eigenvalue weighted by atomic mass is 9.48. The van der Waals surface area contributed by atoms with Gasteiger partial charge in [-0.25, -0.2) is 14.4 Å². The summed E-state index contributed by atoms with van der Waals surface area (Å²) in [7, 11) is -1.98. The van der Waals surface area contributed by atoms with Crippen molar-refractivity contribution in [3.63, 3.8) is 0 Å². The molecule has 24 atom stereocenters. The smallest absolute Gasteiger partial charge is 0.410 e.